The number of alkyl halides is 1. The van der Waals surface area contributed by atoms with E-state index in [-0.39, 0.29) is 12.3 Å². The number of ether oxygens (including phenoxy) is 3. The predicted octanol–water partition coefficient (Wildman–Crippen LogP) is 4.00. The van der Waals surface area contributed by atoms with Crippen LogP contribution in [0.3, 0.4) is 0 Å². The second-order valence-electron chi connectivity index (χ2n) is 4.90. The van der Waals surface area contributed by atoms with Gasteiger partial charge in [0.05, 0.1) is 12.0 Å². The van der Waals surface area contributed by atoms with Crippen LogP contribution in [0.5, 0.6) is 17.2 Å². The van der Waals surface area contributed by atoms with Crippen molar-refractivity contribution in [3.63, 3.8) is 0 Å². The molecule has 0 aromatic heterocycles. The van der Waals surface area contributed by atoms with E-state index in [1.165, 1.54) is 0 Å². The van der Waals surface area contributed by atoms with Crippen molar-refractivity contribution in [2.24, 2.45) is 0 Å². The van der Waals surface area contributed by atoms with Gasteiger partial charge >= 0.3 is 11.9 Å². The number of carbonyl (C=O) groups excluding carboxylic acids is 2. The molecule has 0 aliphatic rings. The number of hydrogen-bond acceptors (Lipinski definition) is 5. The van der Waals surface area contributed by atoms with Crippen molar-refractivity contribution in [2.75, 3.05) is 12.5 Å². The molecule has 0 unspecified atom stereocenters. The number of hydrogen-bond donors (Lipinski definition) is 0. The van der Waals surface area contributed by atoms with Gasteiger partial charge in [-0.15, -0.1) is 11.6 Å². The molecule has 0 bridgehead atoms. The van der Waals surface area contributed by atoms with E-state index in [1.807, 2.05) is 0 Å². The van der Waals surface area contributed by atoms with Crippen LogP contribution in [-0.4, -0.2) is 24.4 Å². The van der Waals surface area contributed by atoms with E-state index in [0.717, 1.165) is 0 Å². The molecular formula is C19H17ClO5. The molecule has 0 amide bonds. The minimum atomic E-state index is -0.498. The molecule has 0 saturated carbocycles. The summed E-state index contributed by atoms with van der Waals surface area (Å²) in [5, 5.41) is 0. The Kier molecular flexibility index (Phi) is 7.04. The summed E-state index contributed by atoms with van der Waals surface area (Å²) in [6.07, 6.45) is 1.77. The molecule has 0 aliphatic carbocycles. The largest absolute Gasteiger partial charge is 0.490 e. The Balaban J connectivity index is 1.93. The van der Waals surface area contributed by atoms with Gasteiger partial charge in [-0.3, -0.25) is 4.79 Å². The predicted molar refractivity (Wildman–Crippen MR) is 94.5 cm³/mol. The molecule has 0 radical (unpaired) electrons. The van der Waals surface area contributed by atoms with Crippen molar-refractivity contribution >= 4 is 23.5 Å². The van der Waals surface area contributed by atoms with Gasteiger partial charge in [-0.2, -0.15) is 0 Å². The Morgan fingerprint density at radius 1 is 0.920 bits per heavy atom. The van der Waals surface area contributed by atoms with Gasteiger partial charge in [0.1, 0.15) is 23.9 Å². The standard InChI is InChI=1S/C19H17ClO5/c1-2-13-23-15-5-3-14(4-6-15)19(22)25-17-9-7-16(8-10-17)24-18(21)11-12-20/h2-10H,1,11-13H2. The van der Waals surface area contributed by atoms with E-state index in [4.69, 9.17) is 25.8 Å². The average Bonchev–Trinajstić information content (AvgIpc) is 2.62. The van der Waals surface area contributed by atoms with Gasteiger partial charge in [0, 0.05) is 5.88 Å². The fourth-order valence-electron chi connectivity index (χ4n) is 1.84. The van der Waals surface area contributed by atoms with Gasteiger partial charge in [-0.1, -0.05) is 12.7 Å². The molecule has 25 heavy (non-hydrogen) atoms. The number of halogens is 1. The summed E-state index contributed by atoms with van der Waals surface area (Å²) in [5.41, 5.74) is 0.392. The second-order valence-corrected chi connectivity index (χ2v) is 5.28. The molecule has 6 heteroatoms. The summed E-state index contributed by atoms with van der Waals surface area (Å²) in [6.45, 7) is 3.96. The highest BCUT2D eigenvalue weighted by atomic mass is 35.5. The molecule has 5 nitrogen and oxygen atoms in total. The van der Waals surface area contributed by atoms with Crippen LogP contribution < -0.4 is 14.2 Å². The molecular weight excluding hydrogens is 344 g/mol. The summed E-state index contributed by atoms with van der Waals surface area (Å²) in [7, 11) is 0. The van der Waals surface area contributed by atoms with Crippen molar-refractivity contribution in [1.29, 1.82) is 0 Å². The molecule has 0 heterocycles. The summed E-state index contributed by atoms with van der Waals surface area (Å²) in [4.78, 5) is 23.5. The van der Waals surface area contributed by atoms with Gasteiger partial charge in [0.15, 0.2) is 0 Å². The molecule has 0 fully saturated rings. The molecule has 0 aliphatic heterocycles. The Hall–Kier alpha value is -2.79. The highest BCUT2D eigenvalue weighted by molar-refractivity contribution is 6.18. The maximum Gasteiger partial charge on any atom is 0.343 e. The van der Waals surface area contributed by atoms with E-state index in [0.29, 0.717) is 29.4 Å². The minimum Gasteiger partial charge on any atom is -0.490 e. The van der Waals surface area contributed by atoms with Crippen molar-refractivity contribution in [1.82, 2.24) is 0 Å². The zero-order valence-corrected chi connectivity index (χ0v) is 14.2. The summed E-state index contributed by atoms with van der Waals surface area (Å²) in [5.74, 6) is 0.624. The quantitative estimate of drug-likeness (QED) is 0.308. The highest BCUT2D eigenvalue weighted by Crippen LogP contribution is 2.20. The fraction of sp³-hybridized carbons (Fsp3) is 0.158. The summed E-state index contributed by atoms with van der Waals surface area (Å²) < 4.78 is 15.7. The van der Waals surface area contributed by atoms with E-state index in [9.17, 15) is 9.59 Å². The third kappa shape index (κ3) is 5.97. The Morgan fingerprint density at radius 3 is 2.04 bits per heavy atom. The second kappa shape index (κ2) is 9.49. The molecule has 0 spiro atoms. The van der Waals surface area contributed by atoms with Gasteiger partial charge in [0.25, 0.3) is 0 Å². The molecule has 0 N–H and O–H groups in total. The normalized spacial score (nSPS) is 9.96. The van der Waals surface area contributed by atoms with Crippen LogP contribution in [0.2, 0.25) is 0 Å². The van der Waals surface area contributed by atoms with Crippen molar-refractivity contribution < 1.29 is 23.8 Å². The van der Waals surface area contributed by atoms with Crippen molar-refractivity contribution in [3.05, 3.63) is 66.7 Å². The lowest BCUT2D eigenvalue weighted by atomic mass is 10.2. The average molecular weight is 361 g/mol. The van der Waals surface area contributed by atoms with Gasteiger partial charge in [0.2, 0.25) is 0 Å². The first kappa shape index (κ1) is 18.5. The van der Waals surface area contributed by atoms with E-state index in [1.54, 1.807) is 54.6 Å². The third-order valence-electron chi connectivity index (χ3n) is 3.02. The number of carbonyl (C=O) groups is 2. The topological polar surface area (TPSA) is 61.8 Å². The maximum absolute atomic E-state index is 12.1. The summed E-state index contributed by atoms with van der Waals surface area (Å²) >= 11 is 5.47. The van der Waals surface area contributed by atoms with Crippen molar-refractivity contribution in [3.8, 4) is 17.2 Å². The zero-order valence-electron chi connectivity index (χ0n) is 13.4. The third-order valence-corrected chi connectivity index (χ3v) is 3.21. The Labute approximate surface area is 150 Å². The first-order chi connectivity index (χ1) is 12.1. The number of benzene rings is 2. The van der Waals surface area contributed by atoms with Gasteiger partial charge < -0.3 is 14.2 Å². The van der Waals surface area contributed by atoms with Crippen LogP contribution in [-0.2, 0) is 4.79 Å². The SMILES string of the molecule is C=CCOc1ccc(C(=O)Oc2ccc(OC(=O)CCCl)cc2)cc1. The lowest BCUT2D eigenvalue weighted by molar-refractivity contribution is -0.133. The lowest BCUT2D eigenvalue weighted by Gasteiger charge is -2.07. The van der Waals surface area contributed by atoms with Gasteiger partial charge in [-0.05, 0) is 48.5 Å². The first-order valence-corrected chi connectivity index (χ1v) is 8.08. The molecule has 2 aromatic rings. The van der Waals surface area contributed by atoms with Crippen LogP contribution in [0.25, 0.3) is 0 Å². The Morgan fingerprint density at radius 2 is 1.48 bits per heavy atom. The van der Waals surface area contributed by atoms with Crippen LogP contribution in [0, 0.1) is 0 Å². The molecule has 0 atom stereocenters. The number of rotatable bonds is 8. The summed E-state index contributed by atoms with van der Waals surface area (Å²) in [6, 6.07) is 12.8. The van der Waals surface area contributed by atoms with Crippen LogP contribution >= 0.6 is 11.6 Å². The lowest BCUT2D eigenvalue weighted by Crippen LogP contribution is -2.09. The highest BCUT2D eigenvalue weighted by Gasteiger charge is 2.10. The maximum atomic E-state index is 12.1. The smallest absolute Gasteiger partial charge is 0.343 e. The number of esters is 2. The van der Waals surface area contributed by atoms with Gasteiger partial charge in [-0.25, -0.2) is 4.79 Å². The van der Waals surface area contributed by atoms with Crippen molar-refractivity contribution in [2.45, 2.75) is 6.42 Å². The molecule has 2 aromatic carbocycles. The monoisotopic (exact) mass is 360 g/mol. The van der Waals surface area contributed by atoms with E-state index >= 15 is 0 Å². The zero-order chi connectivity index (χ0) is 18.1. The Bertz CT molecular complexity index is 722. The van der Waals surface area contributed by atoms with E-state index in [2.05, 4.69) is 6.58 Å². The molecule has 0 saturated heterocycles. The molecule has 130 valence electrons. The molecule has 2 rings (SSSR count). The fourth-order valence-corrected chi connectivity index (χ4v) is 2.00. The van der Waals surface area contributed by atoms with E-state index < -0.39 is 11.9 Å². The van der Waals surface area contributed by atoms with Crippen LogP contribution in [0.15, 0.2) is 61.2 Å². The van der Waals surface area contributed by atoms with Crippen LogP contribution in [0.4, 0.5) is 0 Å². The van der Waals surface area contributed by atoms with Crippen LogP contribution in [0.1, 0.15) is 16.8 Å². The first-order valence-electron chi connectivity index (χ1n) is 7.55. The minimum absolute atomic E-state index is 0.130.